The van der Waals surface area contributed by atoms with Crippen molar-refractivity contribution in [3.63, 3.8) is 0 Å². The van der Waals surface area contributed by atoms with Gasteiger partial charge in [0.25, 0.3) is 0 Å². The Balaban J connectivity index is 1.87. The second-order valence-electron chi connectivity index (χ2n) is 6.78. The lowest BCUT2D eigenvalue weighted by molar-refractivity contribution is 0.382. The number of rotatable bonds is 2. The van der Waals surface area contributed by atoms with Gasteiger partial charge < -0.3 is 5.32 Å². The van der Waals surface area contributed by atoms with Crippen LogP contribution in [0.15, 0.2) is 30.3 Å². The summed E-state index contributed by atoms with van der Waals surface area (Å²) in [6.45, 7) is 6.83. The molecule has 0 heterocycles. The van der Waals surface area contributed by atoms with Crippen LogP contribution in [0.4, 0.5) is 0 Å². The van der Waals surface area contributed by atoms with Crippen molar-refractivity contribution in [2.75, 3.05) is 0 Å². The lowest BCUT2D eigenvalue weighted by Crippen LogP contribution is -2.41. The molecule has 1 aromatic rings. The van der Waals surface area contributed by atoms with Crippen LogP contribution in [0.3, 0.4) is 0 Å². The zero-order valence-corrected chi connectivity index (χ0v) is 11.2. The highest BCUT2D eigenvalue weighted by Crippen LogP contribution is 2.64. The van der Waals surface area contributed by atoms with Gasteiger partial charge in [0.2, 0.25) is 0 Å². The molecule has 1 heteroatoms. The van der Waals surface area contributed by atoms with E-state index in [2.05, 4.69) is 56.4 Å². The highest BCUT2D eigenvalue weighted by Gasteiger charge is 2.67. The third-order valence-corrected chi connectivity index (χ3v) is 4.52. The first-order chi connectivity index (χ1) is 8.04. The number of fused-ring (bicyclic) bond motifs is 1. The average Bonchev–Trinajstić information content (AvgIpc) is 2.71. The molecule has 0 saturated heterocycles. The molecule has 1 N–H and O–H groups in total. The molecule has 0 aliphatic heterocycles. The minimum atomic E-state index is 0.233. The Labute approximate surface area is 105 Å². The molecule has 0 spiro atoms. The van der Waals surface area contributed by atoms with Gasteiger partial charge in [0.05, 0.1) is 0 Å². The lowest BCUT2D eigenvalue weighted by atomic mass is 9.92. The van der Waals surface area contributed by atoms with Gasteiger partial charge in [-0.1, -0.05) is 36.8 Å². The summed E-state index contributed by atoms with van der Waals surface area (Å²) in [5, 5.41) is 3.83. The molecule has 92 valence electrons. The van der Waals surface area contributed by atoms with Crippen LogP contribution in [0.5, 0.6) is 0 Å². The minimum Gasteiger partial charge on any atom is -0.308 e. The Hall–Kier alpha value is -0.820. The predicted molar refractivity (Wildman–Crippen MR) is 72.1 cm³/mol. The molecule has 3 rings (SSSR count). The van der Waals surface area contributed by atoms with Crippen molar-refractivity contribution in [1.29, 1.82) is 0 Å². The Morgan fingerprint density at radius 2 is 1.88 bits per heavy atom. The van der Waals surface area contributed by atoms with E-state index in [9.17, 15) is 0 Å². The standard InChI is InChI=1S/C16H23N/c1-15(2,3)17-14-13-10-7-11-16(13,14)12-8-5-4-6-9-12/h4-6,8-9,13-14,17H,7,10-11H2,1-3H3/t13?,14-,16-/m1/s1. The number of benzene rings is 1. The van der Waals surface area contributed by atoms with E-state index in [0.29, 0.717) is 11.5 Å². The summed E-state index contributed by atoms with van der Waals surface area (Å²) in [6.07, 6.45) is 4.18. The molecule has 0 aromatic heterocycles. The van der Waals surface area contributed by atoms with Gasteiger partial charge in [-0.05, 0) is 45.1 Å². The molecule has 2 fully saturated rings. The summed E-state index contributed by atoms with van der Waals surface area (Å²) in [5.74, 6) is 0.879. The second kappa shape index (κ2) is 3.58. The number of hydrogen-bond acceptors (Lipinski definition) is 1. The van der Waals surface area contributed by atoms with Crippen LogP contribution in [-0.4, -0.2) is 11.6 Å². The molecular formula is C16H23N. The van der Waals surface area contributed by atoms with Crippen LogP contribution < -0.4 is 5.32 Å². The van der Waals surface area contributed by atoms with Crippen LogP contribution in [0.2, 0.25) is 0 Å². The summed E-state index contributed by atoms with van der Waals surface area (Å²) in [5.41, 5.74) is 2.26. The van der Waals surface area contributed by atoms with E-state index in [-0.39, 0.29) is 5.54 Å². The summed E-state index contributed by atoms with van der Waals surface area (Å²) >= 11 is 0. The fourth-order valence-corrected chi connectivity index (χ4v) is 3.88. The third-order valence-electron chi connectivity index (χ3n) is 4.52. The highest BCUT2D eigenvalue weighted by atomic mass is 15.1. The minimum absolute atomic E-state index is 0.233. The highest BCUT2D eigenvalue weighted by molar-refractivity contribution is 5.41. The number of nitrogens with one attached hydrogen (secondary N) is 1. The van der Waals surface area contributed by atoms with Crippen LogP contribution in [0.1, 0.15) is 45.6 Å². The smallest absolute Gasteiger partial charge is 0.0209 e. The average molecular weight is 229 g/mol. The molecule has 2 saturated carbocycles. The largest absolute Gasteiger partial charge is 0.308 e. The maximum atomic E-state index is 3.83. The molecule has 0 amide bonds. The molecule has 1 aromatic carbocycles. The maximum Gasteiger partial charge on any atom is 0.0209 e. The van der Waals surface area contributed by atoms with Crippen molar-refractivity contribution in [3.8, 4) is 0 Å². The van der Waals surface area contributed by atoms with Gasteiger partial charge in [-0.3, -0.25) is 0 Å². The third kappa shape index (κ3) is 1.72. The molecule has 2 aliphatic carbocycles. The lowest BCUT2D eigenvalue weighted by Gasteiger charge is -2.25. The maximum absolute atomic E-state index is 3.83. The molecule has 3 atom stereocenters. The Morgan fingerprint density at radius 1 is 1.18 bits per heavy atom. The van der Waals surface area contributed by atoms with Crippen molar-refractivity contribution in [2.45, 2.75) is 57.0 Å². The summed E-state index contributed by atoms with van der Waals surface area (Å²) < 4.78 is 0. The second-order valence-corrected chi connectivity index (χ2v) is 6.78. The Bertz CT molecular complexity index is 403. The van der Waals surface area contributed by atoms with Gasteiger partial charge in [-0.2, -0.15) is 0 Å². The van der Waals surface area contributed by atoms with E-state index in [1.54, 1.807) is 5.56 Å². The molecule has 1 unspecified atom stereocenters. The molecule has 0 bridgehead atoms. The van der Waals surface area contributed by atoms with E-state index < -0.39 is 0 Å². The Kier molecular flexibility index (Phi) is 2.38. The van der Waals surface area contributed by atoms with Crippen molar-refractivity contribution in [2.24, 2.45) is 5.92 Å². The van der Waals surface area contributed by atoms with E-state index in [1.165, 1.54) is 19.3 Å². The SMILES string of the molecule is CC(C)(C)N[C@@H]1C2CCC[C@@]21c1ccccc1. The van der Waals surface area contributed by atoms with Crippen molar-refractivity contribution >= 4 is 0 Å². The van der Waals surface area contributed by atoms with Crippen molar-refractivity contribution in [1.82, 2.24) is 5.32 Å². The van der Waals surface area contributed by atoms with Crippen molar-refractivity contribution in [3.05, 3.63) is 35.9 Å². The quantitative estimate of drug-likeness (QED) is 0.818. The zero-order chi connectivity index (χ0) is 12.1. The molecule has 0 radical (unpaired) electrons. The van der Waals surface area contributed by atoms with Gasteiger partial charge in [0.1, 0.15) is 0 Å². The van der Waals surface area contributed by atoms with Crippen LogP contribution in [-0.2, 0) is 5.41 Å². The predicted octanol–water partition coefficient (Wildman–Crippen LogP) is 3.49. The van der Waals surface area contributed by atoms with Gasteiger partial charge in [0.15, 0.2) is 0 Å². The van der Waals surface area contributed by atoms with Gasteiger partial charge in [0, 0.05) is 17.0 Å². The van der Waals surface area contributed by atoms with Gasteiger partial charge in [-0.15, -0.1) is 0 Å². The van der Waals surface area contributed by atoms with E-state index in [4.69, 9.17) is 0 Å². The zero-order valence-electron chi connectivity index (χ0n) is 11.2. The topological polar surface area (TPSA) is 12.0 Å². The first-order valence-electron chi connectivity index (χ1n) is 6.87. The molecule has 1 nitrogen and oxygen atoms in total. The first kappa shape index (κ1) is 11.3. The van der Waals surface area contributed by atoms with E-state index in [0.717, 1.165) is 5.92 Å². The molecular weight excluding hydrogens is 206 g/mol. The van der Waals surface area contributed by atoms with Crippen LogP contribution >= 0.6 is 0 Å². The fourth-order valence-electron chi connectivity index (χ4n) is 3.88. The van der Waals surface area contributed by atoms with Crippen LogP contribution in [0, 0.1) is 5.92 Å². The summed E-state index contributed by atoms with van der Waals surface area (Å²) in [4.78, 5) is 0. The van der Waals surface area contributed by atoms with Crippen LogP contribution in [0.25, 0.3) is 0 Å². The van der Waals surface area contributed by atoms with E-state index in [1.807, 2.05) is 0 Å². The summed E-state index contributed by atoms with van der Waals surface area (Å²) in [7, 11) is 0. The number of hydrogen-bond donors (Lipinski definition) is 1. The molecule has 2 aliphatic rings. The van der Waals surface area contributed by atoms with E-state index >= 15 is 0 Å². The Morgan fingerprint density at radius 3 is 2.53 bits per heavy atom. The van der Waals surface area contributed by atoms with Gasteiger partial charge in [-0.25, -0.2) is 0 Å². The monoisotopic (exact) mass is 229 g/mol. The molecule has 17 heavy (non-hydrogen) atoms. The van der Waals surface area contributed by atoms with Crippen molar-refractivity contribution < 1.29 is 0 Å². The summed E-state index contributed by atoms with van der Waals surface area (Å²) in [6, 6.07) is 11.8. The first-order valence-corrected chi connectivity index (χ1v) is 6.87. The van der Waals surface area contributed by atoms with Gasteiger partial charge >= 0.3 is 0 Å². The normalized spacial score (nSPS) is 35.7. The fraction of sp³-hybridized carbons (Fsp3) is 0.625.